The molecule has 0 bridgehead atoms. The first-order valence-corrected chi connectivity index (χ1v) is 5.07. The summed E-state index contributed by atoms with van der Waals surface area (Å²) in [6.07, 6.45) is 2.60. The van der Waals surface area contributed by atoms with Gasteiger partial charge in [0.25, 0.3) is 0 Å². The second kappa shape index (κ2) is 92.4. The summed E-state index contributed by atoms with van der Waals surface area (Å²) >= 11 is 1.85. The molecule has 0 aromatic carbocycles. The third-order valence-corrected chi connectivity index (χ3v) is 1.25. The van der Waals surface area contributed by atoms with Crippen LogP contribution in [0, 0.1) is 27.0 Å². The summed E-state index contributed by atoms with van der Waals surface area (Å²) in [5.74, 6) is 2.21. The van der Waals surface area contributed by atoms with Gasteiger partial charge in [-0.3, -0.25) is 13.2 Å². The Morgan fingerprint density at radius 2 is 1.38 bits per heavy atom. The quantitative estimate of drug-likeness (QED) is 0.309. The van der Waals surface area contributed by atoms with Crippen LogP contribution in [0.2, 0.25) is 0 Å². The van der Waals surface area contributed by atoms with Gasteiger partial charge in [0, 0.05) is 42.1 Å². The molecule has 0 radical (unpaired) electrons. The molecular formula is C12H22SW3-2. The molecule has 0 aromatic rings. The fraction of sp³-hybridized carbons (Fsp3) is 0.333. The van der Waals surface area contributed by atoms with Crippen molar-refractivity contribution < 1.29 is 63.2 Å². The standard InChI is InChI=1S/C4H9S.C4H7.2C2H3.3W/c1-3-5-4-2;1-3-4-2;2*1-2;;;/h1,3-4H2,2H3;3H,1-2,4H2;2*1H,2H2;;;/q4*-1;;;+2. The molecule has 0 spiro atoms. The van der Waals surface area contributed by atoms with Crippen LogP contribution in [0.15, 0.2) is 25.8 Å². The Labute approximate surface area is 151 Å². The molecule has 0 heterocycles. The Bertz CT molecular complexity index is 67.3. The van der Waals surface area contributed by atoms with Crippen molar-refractivity contribution in [2.75, 3.05) is 11.5 Å². The van der Waals surface area contributed by atoms with E-state index in [1.807, 2.05) is 11.8 Å². The number of hydrogen-bond acceptors (Lipinski definition) is 1. The van der Waals surface area contributed by atoms with Gasteiger partial charge in [0.15, 0.2) is 0 Å². The molecule has 0 N–H and O–H groups in total. The minimum atomic E-state index is 0. The van der Waals surface area contributed by atoms with Gasteiger partial charge in [-0.1, -0.05) is 6.92 Å². The fourth-order valence-corrected chi connectivity index (χ4v) is 0.433. The minimum Gasteiger partial charge on any atom is -0.521 e. The summed E-state index contributed by atoms with van der Waals surface area (Å²) in [5.41, 5.74) is 0. The third kappa shape index (κ3) is 156. The van der Waals surface area contributed by atoms with Crippen molar-refractivity contribution in [1.29, 1.82) is 0 Å². The van der Waals surface area contributed by atoms with Gasteiger partial charge in [-0.05, 0) is 5.75 Å². The Morgan fingerprint density at radius 3 is 1.38 bits per heavy atom. The monoisotopic (exact) mass is 750 g/mol. The predicted molar refractivity (Wildman–Crippen MR) is 68.4 cm³/mol. The van der Waals surface area contributed by atoms with Crippen LogP contribution < -0.4 is 0 Å². The summed E-state index contributed by atoms with van der Waals surface area (Å²) in [4.78, 5) is 0. The van der Waals surface area contributed by atoms with Crippen LogP contribution in [-0.4, -0.2) is 11.5 Å². The van der Waals surface area contributed by atoms with Crippen molar-refractivity contribution in [1.82, 2.24) is 0 Å². The molecule has 0 fully saturated rings. The van der Waals surface area contributed by atoms with E-state index in [1.165, 1.54) is 5.75 Å². The van der Waals surface area contributed by atoms with E-state index in [0.717, 1.165) is 12.2 Å². The number of hydrogen-bond donors (Lipinski definition) is 0. The van der Waals surface area contributed by atoms with E-state index in [-0.39, 0.29) is 63.2 Å². The molecule has 0 atom stereocenters. The van der Waals surface area contributed by atoms with Crippen LogP contribution in [0.5, 0.6) is 0 Å². The second-order valence-electron chi connectivity index (χ2n) is 1.27. The van der Waals surface area contributed by atoms with Crippen molar-refractivity contribution in [3.63, 3.8) is 0 Å². The van der Waals surface area contributed by atoms with Gasteiger partial charge < -0.3 is 27.0 Å². The first kappa shape index (κ1) is 43.1. The number of thioether (sulfide) groups is 1. The molecular weight excluding hydrogens is 728 g/mol. The van der Waals surface area contributed by atoms with Gasteiger partial charge in [-0.15, -0.1) is 18.4 Å². The SMILES string of the molecule is C=CC[CH2-].[CH-]=C.[CH-]=C.[CH2-]CSCC.[W+2].[W].[W]. The van der Waals surface area contributed by atoms with Gasteiger partial charge in [-0.2, -0.15) is 18.2 Å². The molecule has 0 amide bonds. The van der Waals surface area contributed by atoms with Crippen LogP contribution in [0.25, 0.3) is 0 Å². The molecule has 0 aliphatic rings. The first-order valence-electron chi connectivity index (χ1n) is 3.92. The third-order valence-electron chi connectivity index (χ3n) is 0.553. The van der Waals surface area contributed by atoms with Gasteiger partial charge >= 0.3 is 21.1 Å². The largest absolute Gasteiger partial charge is 2.00 e. The fourth-order valence-electron chi connectivity index (χ4n) is 0.144. The first-order chi connectivity index (χ1) is 6.33. The van der Waals surface area contributed by atoms with E-state index in [0.29, 0.717) is 0 Å². The molecule has 0 aliphatic heterocycles. The van der Waals surface area contributed by atoms with Crippen LogP contribution >= 0.6 is 11.8 Å². The predicted octanol–water partition coefficient (Wildman–Crippen LogP) is 4.17. The molecule has 0 saturated heterocycles. The zero-order valence-electron chi connectivity index (χ0n) is 10.0. The Kier molecular flexibility index (Phi) is 249. The van der Waals surface area contributed by atoms with E-state index < -0.39 is 0 Å². The normalized spacial score (nSPS) is 4.69. The van der Waals surface area contributed by atoms with E-state index in [1.54, 1.807) is 6.08 Å². The zero-order chi connectivity index (χ0) is 11.5. The van der Waals surface area contributed by atoms with Crippen LogP contribution in [0.3, 0.4) is 0 Å². The zero-order valence-corrected chi connectivity index (χ0v) is 19.6. The molecule has 96 valence electrons. The van der Waals surface area contributed by atoms with Crippen molar-refractivity contribution in [3.05, 3.63) is 52.8 Å². The van der Waals surface area contributed by atoms with Gasteiger partial charge in [-0.25, -0.2) is 0 Å². The minimum absolute atomic E-state index is 0. The average Bonchev–Trinajstić information content (AvgIpc) is 2.25. The number of rotatable bonds is 3. The smallest absolute Gasteiger partial charge is 0.521 e. The Hall–Kier alpha value is 1.63. The van der Waals surface area contributed by atoms with E-state index >= 15 is 0 Å². The summed E-state index contributed by atoms with van der Waals surface area (Å²) in [7, 11) is 0. The molecule has 0 nitrogen and oxygen atoms in total. The van der Waals surface area contributed by atoms with Crippen LogP contribution in [0.4, 0.5) is 0 Å². The molecule has 0 aliphatic carbocycles. The Balaban J connectivity index is -0.0000000136. The van der Waals surface area contributed by atoms with Crippen LogP contribution in [-0.2, 0) is 63.2 Å². The maximum atomic E-state index is 4.25. The van der Waals surface area contributed by atoms with Crippen LogP contribution in [0.1, 0.15) is 13.3 Å². The second-order valence-corrected chi connectivity index (χ2v) is 2.67. The molecule has 0 saturated carbocycles. The van der Waals surface area contributed by atoms with Gasteiger partial charge in [0.1, 0.15) is 0 Å². The number of allylic oxidation sites excluding steroid dienone is 1. The average molecular weight is 750 g/mol. The maximum absolute atomic E-state index is 4.25. The maximum Gasteiger partial charge on any atom is 2.00 e. The Morgan fingerprint density at radius 1 is 1.12 bits per heavy atom. The molecule has 0 unspecified atom stereocenters. The molecule has 0 aromatic heterocycles. The van der Waals surface area contributed by atoms with E-state index in [2.05, 4.69) is 53.7 Å². The summed E-state index contributed by atoms with van der Waals surface area (Å²) in [6.45, 7) is 26.7. The summed E-state index contributed by atoms with van der Waals surface area (Å²) in [5, 5.41) is 0. The topological polar surface area (TPSA) is 0 Å². The van der Waals surface area contributed by atoms with Gasteiger partial charge in [0.2, 0.25) is 0 Å². The van der Waals surface area contributed by atoms with Crippen molar-refractivity contribution >= 4 is 11.8 Å². The van der Waals surface area contributed by atoms with E-state index in [9.17, 15) is 0 Å². The van der Waals surface area contributed by atoms with Crippen molar-refractivity contribution in [2.45, 2.75) is 13.3 Å². The van der Waals surface area contributed by atoms with Gasteiger partial charge in [0.05, 0.1) is 0 Å². The van der Waals surface area contributed by atoms with E-state index in [4.69, 9.17) is 0 Å². The van der Waals surface area contributed by atoms with Crippen molar-refractivity contribution in [2.24, 2.45) is 0 Å². The molecule has 4 heteroatoms. The van der Waals surface area contributed by atoms with Crippen molar-refractivity contribution in [3.8, 4) is 0 Å². The summed E-state index contributed by atoms with van der Waals surface area (Å²) < 4.78 is 0. The summed E-state index contributed by atoms with van der Waals surface area (Å²) in [6, 6.07) is 0. The molecule has 0 rings (SSSR count). The molecule has 16 heavy (non-hydrogen) atoms.